The molecule has 0 aromatic carbocycles. The van der Waals surface area contributed by atoms with E-state index in [-0.39, 0.29) is 0 Å². The average Bonchev–Trinajstić information content (AvgIpc) is 3.08. The largest absolute Gasteiger partial charge is 0.393 e. The van der Waals surface area contributed by atoms with E-state index in [1.54, 1.807) is 0 Å². The molecule has 0 spiro atoms. The van der Waals surface area contributed by atoms with Crippen LogP contribution in [0.1, 0.15) is 200 Å². The van der Waals surface area contributed by atoms with Gasteiger partial charge in [-0.1, -0.05) is 138 Å². The molecule has 1 atom stereocenters. The van der Waals surface area contributed by atoms with E-state index < -0.39 is 0 Å². The molecule has 3 nitrogen and oxygen atoms in total. The van der Waals surface area contributed by atoms with Crippen molar-refractivity contribution < 1.29 is 4.84 Å². The van der Waals surface area contributed by atoms with Crippen LogP contribution in [-0.2, 0) is 4.84 Å². The number of unbranched alkanes of at least 4 members (excludes halogenated alkanes) is 17. The minimum absolute atomic E-state index is 0.304. The summed E-state index contributed by atoms with van der Waals surface area (Å²) in [6.07, 6.45) is 56.0. The second kappa shape index (κ2) is 34.3. The molecule has 0 radical (unpaired) electrons. The molecular formula is C44H80N2O. The third-order valence-corrected chi connectivity index (χ3v) is 9.80. The maximum absolute atomic E-state index is 6.27. The van der Waals surface area contributed by atoms with E-state index in [2.05, 4.69) is 81.5 Å². The monoisotopic (exact) mass is 653 g/mol. The Kier molecular flexibility index (Phi) is 31.6. The molecule has 1 aliphatic rings. The van der Waals surface area contributed by atoms with Gasteiger partial charge in [0.15, 0.2) is 0 Å². The van der Waals surface area contributed by atoms with E-state index in [1.807, 2.05) is 0 Å². The fraction of sp³-hybridized carbons (Fsp3) is 0.795. The smallest absolute Gasteiger partial charge is 0.127 e. The molecule has 0 amide bonds. The molecular weight excluding hydrogens is 572 g/mol. The summed E-state index contributed by atoms with van der Waals surface area (Å²) in [5, 5.41) is 4.73. The Labute approximate surface area is 294 Å². The van der Waals surface area contributed by atoms with E-state index in [9.17, 15) is 0 Å². The third-order valence-electron chi connectivity index (χ3n) is 9.80. The van der Waals surface area contributed by atoms with Crippen molar-refractivity contribution in [3.63, 3.8) is 0 Å². The van der Waals surface area contributed by atoms with Gasteiger partial charge in [0.1, 0.15) is 6.10 Å². The van der Waals surface area contributed by atoms with Gasteiger partial charge in [-0.3, -0.25) is 0 Å². The van der Waals surface area contributed by atoms with Gasteiger partial charge in [-0.25, -0.2) is 0 Å². The van der Waals surface area contributed by atoms with Gasteiger partial charge in [0.05, 0.1) is 5.71 Å². The molecule has 0 aliphatic heterocycles. The summed E-state index contributed by atoms with van der Waals surface area (Å²) in [6, 6.07) is 0.704. The number of rotatable bonds is 32. The Balaban J connectivity index is 2.20. The van der Waals surface area contributed by atoms with Crippen LogP contribution in [0.4, 0.5) is 0 Å². The van der Waals surface area contributed by atoms with Crippen LogP contribution in [0.5, 0.6) is 0 Å². The highest BCUT2D eigenvalue weighted by Gasteiger charge is 2.20. The number of hydrogen-bond donors (Lipinski definition) is 0. The molecule has 1 unspecified atom stereocenters. The van der Waals surface area contributed by atoms with Crippen LogP contribution < -0.4 is 0 Å². The van der Waals surface area contributed by atoms with Gasteiger partial charge in [0, 0.05) is 6.04 Å². The Morgan fingerprint density at radius 2 is 0.936 bits per heavy atom. The zero-order valence-corrected chi connectivity index (χ0v) is 32.1. The Morgan fingerprint density at radius 3 is 1.34 bits per heavy atom. The molecule has 3 heteroatoms. The van der Waals surface area contributed by atoms with Crippen molar-refractivity contribution in [2.24, 2.45) is 5.16 Å². The van der Waals surface area contributed by atoms with Crippen molar-refractivity contribution in [1.29, 1.82) is 0 Å². The lowest BCUT2D eigenvalue weighted by molar-refractivity contribution is 0.0416. The Bertz CT molecular complexity index is 798. The molecule has 1 rings (SSSR count). The van der Waals surface area contributed by atoms with Crippen molar-refractivity contribution in [3.05, 3.63) is 48.6 Å². The maximum atomic E-state index is 6.27. The van der Waals surface area contributed by atoms with Crippen LogP contribution in [0, 0.1) is 0 Å². The lowest BCUT2D eigenvalue weighted by atomic mass is 9.93. The lowest BCUT2D eigenvalue weighted by Crippen LogP contribution is -2.32. The fourth-order valence-electron chi connectivity index (χ4n) is 6.49. The van der Waals surface area contributed by atoms with E-state index in [0.717, 1.165) is 25.7 Å². The molecule has 1 saturated carbocycles. The minimum atomic E-state index is 0.304. The maximum Gasteiger partial charge on any atom is 0.127 e. The average molecular weight is 653 g/mol. The number of oxime groups is 1. The molecule has 0 aromatic heterocycles. The van der Waals surface area contributed by atoms with Crippen LogP contribution in [0.25, 0.3) is 0 Å². The minimum Gasteiger partial charge on any atom is -0.393 e. The molecule has 1 fully saturated rings. The van der Waals surface area contributed by atoms with Gasteiger partial charge < -0.3 is 9.74 Å². The Morgan fingerprint density at radius 1 is 0.553 bits per heavy atom. The highest BCUT2D eigenvalue weighted by atomic mass is 16.6. The van der Waals surface area contributed by atoms with Gasteiger partial charge in [-0.2, -0.15) is 0 Å². The van der Waals surface area contributed by atoms with E-state index in [1.165, 1.54) is 166 Å². The van der Waals surface area contributed by atoms with Crippen LogP contribution in [0.15, 0.2) is 53.8 Å². The molecule has 0 aromatic rings. The number of hydrogen-bond acceptors (Lipinski definition) is 3. The fourth-order valence-corrected chi connectivity index (χ4v) is 6.49. The second-order valence-corrected chi connectivity index (χ2v) is 14.5. The highest BCUT2D eigenvalue weighted by Crippen LogP contribution is 2.22. The molecule has 0 bridgehead atoms. The second-order valence-electron chi connectivity index (χ2n) is 14.5. The van der Waals surface area contributed by atoms with Crippen molar-refractivity contribution in [2.75, 3.05) is 14.1 Å². The van der Waals surface area contributed by atoms with Gasteiger partial charge in [-0.15, -0.1) is 0 Å². The molecule has 47 heavy (non-hydrogen) atoms. The predicted molar refractivity (Wildman–Crippen MR) is 212 cm³/mol. The quantitative estimate of drug-likeness (QED) is 0.0410. The van der Waals surface area contributed by atoms with Crippen molar-refractivity contribution in [2.45, 2.75) is 212 Å². The zero-order chi connectivity index (χ0) is 33.9. The van der Waals surface area contributed by atoms with Crippen molar-refractivity contribution in [1.82, 2.24) is 4.90 Å². The lowest BCUT2D eigenvalue weighted by Gasteiger charge is -2.28. The van der Waals surface area contributed by atoms with Crippen LogP contribution in [0.3, 0.4) is 0 Å². The van der Waals surface area contributed by atoms with Crippen LogP contribution in [0.2, 0.25) is 0 Å². The molecule has 0 heterocycles. The zero-order valence-electron chi connectivity index (χ0n) is 32.1. The summed E-state index contributed by atoms with van der Waals surface area (Å²) < 4.78 is 0. The van der Waals surface area contributed by atoms with Gasteiger partial charge in [0.25, 0.3) is 0 Å². The van der Waals surface area contributed by atoms with Crippen molar-refractivity contribution in [3.8, 4) is 0 Å². The standard InChI is InChI=1S/C44H80N2O/c1-5-7-9-11-13-15-17-19-21-23-25-27-29-31-33-35-37-44(47-45-42-38-40-43(41-39-42)46(3)4)36-34-32-30-28-26-24-22-20-18-16-14-12-10-8-6-2/h13-16,19-22,43-44H,5-12,17-18,23-41H2,1-4H3/b15-13-,16-14-,21-19-,22-20-,45-42?. The molecule has 272 valence electrons. The molecule has 1 aliphatic carbocycles. The first-order valence-electron chi connectivity index (χ1n) is 20.6. The van der Waals surface area contributed by atoms with Gasteiger partial charge >= 0.3 is 0 Å². The Hall–Kier alpha value is -1.61. The predicted octanol–water partition coefficient (Wildman–Crippen LogP) is 14.2. The summed E-state index contributed by atoms with van der Waals surface area (Å²) in [6.45, 7) is 4.54. The summed E-state index contributed by atoms with van der Waals surface area (Å²) in [7, 11) is 4.41. The van der Waals surface area contributed by atoms with Gasteiger partial charge in [-0.05, 0) is 130 Å². The van der Waals surface area contributed by atoms with Gasteiger partial charge in [0.2, 0.25) is 0 Å². The van der Waals surface area contributed by atoms with E-state index in [0.29, 0.717) is 12.1 Å². The van der Waals surface area contributed by atoms with E-state index >= 15 is 0 Å². The van der Waals surface area contributed by atoms with Crippen molar-refractivity contribution >= 4 is 5.71 Å². The number of nitrogens with zero attached hydrogens (tertiary/aromatic N) is 2. The van der Waals surface area contributed by atoms with Crippen LogP contribution in [-0.4, -0.2) is 36.9 Å². The summed E-state index contributed by atoms with van der Waals surface area (Å²) in [4.78, 5) is 8.64. The summed E-state index contributed by atoms with van der Waals surface area (Å²) in [5.41, 5.74) is 1.30. The first kappa shape index (κ1) is 43.4. The van der Waals surface area contributed by atoms with E-state index in [4.69, 9.17) is 9.99 Å². The topological polar surface area (TPSA) is 24.8 Å². The normalized spacial score (nSPS) is 16.5. The molecule has 0 saturated heterocycles. The summed E-state index contributed by atoms with van der Waals surface area (Å²) in [5.74, 6) is 0. The first-order valence-corrected chi connectivity index (χ1v) is 20.6. The third kappa shape index (κ3) is 29.1. The van der Waals surface area contributed by atoms with Crippen LogP contribution >= 0.6 is 0 Å². The SMILES string of the molecule is CCCCC/C=C\C/C=C\CCCCCCCCC(CCCCCCC/C=C\C/C=C\CCCCC)ON=C1CCC(N(C)C)CC1. The first-order chi connectivity index (χ1) is 23.2. The summed E-state index contributed by atoms with van der Waals surface area (Å²) >= 11 is 0. The highest BCUT2D eigenvalue weighted by molar-refractivity contribution is 5.84. The number of allylic oxidation sites excluding steroid dienone is 8. The molecule has 0 N–H and O–H groups in total.